The molecule has 0 fully saturated rings. The summed E-state index contributed by atoms with van der Waals surface area (Å²) in [5.41, 5.74) is 3.40. The molecule has 0 saturated heterocycles. The Morgan fingerprint density at radius 3 is 2.65 bits per heavy atom. The van der Waals surface area contributed by atoms with E-state index in [0.717, 1.165) is 24.8 Å². The lowest BCUT2D eigenvalue weighted by Crippen LogP contribution is -2.23. The largest absolute Gasteiger partial charge is 0.367 e. The highest BCUT2D eigenvalue weighted by Crippen LogP contribution is 2.24. The molecule has 1 heterocycles. The lowest BCUT2D eigenvalue weighted by atomic mass is 9.92. The van der Waals surface area contributed by atoms with E-state index < -0.39 is 10.0 Å². The Bertz CT molecular complexity index is 691. The lowest BCUT2D eigenvalue weighted by Gasteiger charge is -2.16. The first-order valence-electron chi connectivity index (χ1n) is 6.88. The van der Waals surface area contributed by atoms with E-state index in [-0.39, 0.29) is 0 Å². The van der Waals surface area contributed by atoms with Gasteiger partial charge in [0.2, 0.25) is 10.0 Å². The van der Waals surface area contributed by atoms with Crippen molar-refractivity contribution in [1.29, 1.82) is 0 Å². The maximum atomic E-state index is 12.3. The molecule has 5 heteroatoms. The molecule has 0 bridgehead atoms. The molecule has 1 aliphatic carbocycles. The molecule has 1 aromatic carbocycles. The molecule has 0 aliphatic heterocycles. The molecule has 0 saturated carbocycles. The van der Waals surface area contributed by atoms with Gasteiger partial charge in [0.15, 0.2) is 0 Å². The maximum Gasteiger partial charge on any atom is 0.240 e. The first-order chi connectivity index (χ1) is 9.65. The van der Waals surface area contributed by atoms with Crippen molar-refractivity contribution in [3.63, 3.8) is 0 Å². The zero-order valence-electron chi connectivity index (χ0n) is 11.2. The van der Waals surface area contributed by atoms with E-state index in [9.17, 15) is 8.42 Å². The van der Waals surface area contributed by atoms with Gasteiger partial charge in [0.25, 0.3) is 0 Å². The summed E-state index contributed by atoms with van der Waals surface area (Å²) >= 11 is 0. The number of sulfonamides is 1. The zero-order valence-corrected chi connectivity index (χ0v) is 12.0. The SMILES string of the molecule is O=S(=O)(NCc1cc[nH]c1)c1ccc2c(c1)CCCC2. The molecule has 0 radical (unpaired) electrons. The van der Waals surface area contributed by atoms with Crippen molar-refractivity contribution in [2.75, 3.05) is 0 Å². The molecule has 0 spiro atoms. The average Bonchev–Trinajstić information content (AvgIpc) is 2.98. The number of aryl methyl sites for hydroxylation is 2. The minimum absolute atomic E-state index is 0.308. The monoisotopic (exact) mass is 290 g/mol. The van der Waals surface area contributed by atoms with Gasteiger partial charge in [-0.2, -0.15) is 0 Å². The summed E-state index contributed by atoms with van der Waals surface area (Å²) in [6, 6.07) is 7.35. The molecule has 0 amide bonds. The minimum atomic E-state index is -3.43. The van der Waals surface area contributed by atoms with Gasteiger partial charge in [-0.05, 0) is 60.6 Å². The Morgan fingerprint density at radius 1 is 1.10 bits per heavy atom. The predicted octanol–water partition coefficient (Wildman–Crippen LogP) is 2.37. The van der Waals surface area contributed by atoms with Crippen molar-refractivity contribution in [3.05, 3.63) is 53.3 Å². The number of H-pyrrole nitrogens is 1. The summed E-state index contributed by atoms with van der Waals surface area (Å²) in [7, 11) is -3.43. The molecule has 2 N–H and O–H groups in total. The summed E-state index contributed by atoms with van der Waals surface area (Å²) < 4.78 is 27.2. The Hall–Kier alpha value is -1.59. The fourth-order valence-electron chi connectivity index (χ4n) is 2.61. The second-order valence-electron chi connectivity index (χ2n) is 5.18. The molecule has 0 atom stereocenters. The third-order valence-electron chi connectivity index (χ3n) is 3.76. The van der Waals surface area contributed by atoms with E-state index in [1.807, 2.05) is 18.2 Å². The fourth-order valence-corrected chi connectivity index (χ4v) is 3.67. The molecule has 0 unspecified atom stereocenters. The molecule has 3 rings (SSSR count). The molecular weight excluding hydrogens is 272 g/mol. The van der Waals surface area contributed by atoms with E-state index >= 15 is 0 Å². The van der Waals surface area contributed by atoms with Gasteiger partial charge in [-0.15, -0.1) is 0 Å². The van der Waals surface area contributed by atoms with Gasteiger partial charge < -0.3 is 4.98 Å². The van der Waals surface area contributed by atoms with Crippen LogP contribution in [0.2, 0.25) is 0 Å². The Labute approximate surface area is 119 Å². The molecule has 1 aliphatic rings. The Morgan fingerprint density at radius 2 is 1.90 bits per heavy atom. The lowest BCUT2D eigenvalue weighted by molar-refractivity contribution is 0.580. The van der Waals surface area contributed by atoms with Crippen LogP contribution >= 0.6 is 0 Å². The summed E-state index contributed by atoms with van der Waals surface area (Å²) in [5.74, 6) is 0. The van der Waals surface area contributed by atoms with Gasteiger partial charge in [0.1, 0.15) is 0 Å². The summed E-state index contributed by atoms with van der Waals surface area (Å²) in [4.78, 5) is 3.28. The van der Waals surface area contributed by atoms with Crippen molar-refractivity contribution in [3.8, 4) is 0 Å². The summed E-state index contributed by atoms with van der Waals surface area (Å²) in [5, 5.41) is 0. The standard InChI is InChI=1S/C15H18N2O2S/c18-20(19,17-11-12-7-8-16-10-12)15-6-5-13-3-1-2-4-14(13)9-15/h5-10,16-17H,1-4,11H2. The molecule has 106 valence electrons. The van der Waals surface area contributed by atoms with Crippen LogP contribution in [0.5, 0.6) is 0 Å². The first kappa shape index (κ1) is 13.4. The number of rotatable bonds is 4. The number of fused-ring (bicyclic) bond motifs is 1. The number of hydrogen-bond acceptors (Lipinski definition) is 2. The highest BCUT2D eigenvalue weighted by molar-refractivity contribution is 7.89. The number of nitrogens with one attached hydrogen (secondary N) is 2. The maximum absolute atomic E-state index is 12.3. The molecule has 1 aromatic heterocycles. The molecule has 4 nitrogen and oxygen atoms in total. The summed E-state index contributed by atoms with van der Waals surface area (Å²) in [6.07, 6.45) is 7.96. The zero-order chi connectivity index (χ0) is 14.0. The van der Waals surface area contributed by atoms with Gasteiger partial charge in [-0.1, -0.05) is 6.07 Å². The van der Waals surface area contributed by atoms with Crippen molar-refractivity contribution < 1.29 is 8.42 Å². The van der Waals surface area contributed by atoms with Gasteiger partial charge in [0, 0.05) is 18.9 Å². The van der Waals surface area contributed by atoms with E-state index in [0.29, 0.717) is 11.4 Å². The smallest absolute Gasteiger partial charge is 0.240 e. The topological polar surface area (TPSA) is 62.0 Å². The van der Waals surface area contributed by atoms with E-state index in [2.05, 4.69) is 9.71 Å². The van der Waals surface area contributed by atoms with Gasteiger partial charge in [0.05, 0.1) is 4.90 Å². The fraction of sp³-hybridized carbons (Fsp3) is 0.333. The van der Waals surface area contributed by atoms with Crippen molar-refractivity contribution in [2.24, 2.45) is 0 Å². The van der Waals surface area contributed by atoms with Crippen LogP contribution in [0, 0.1) is 0 Å². The van der Waals surface area contributed by atoms with Gasteiger partial charge in [-0.3, -0.25) is 0 Å². The highest BCUT2D eigenvalue weighted by atomic mass is 32.2. The van der Waals surface area contributed by atoms with Crippen LogP contribution in [0.4, 0.5) is 0 Å². The van der Waals surface area contributed by atoms with Crippen LogP contribution in [-0.2, 0) is 29.4 Å². The number of aromatic nitrogens is 1. The van der Waals surface area contributed by atoms with Crippen molar-refractivity contribution in [1.82, 2.24) is 9.71 Å². The van der Waals surface area contributed by atoms with Crippen LogP contribution in [-0.4, -0.2) is 13.4 Å². The second-order valence-corrected chi connectivity index (χ2v) is 6.95. The number of hydrogen-bond donors (Lipinski definition) is 2. The predicted molar refractivity (Wildman–Crippen MR) is 77.9 cm³/mol. The van der Waals surface area contributed by atoms with Crippen LogP contribution in [0.25, 0.3) is 0 Å². The van der Waals surface area contributed by atoms with E-state index in [1.54, 1.807) is 18.5 Å². The number of benzene rings is 1. The quantitative estimate of drug-likeness (QED) is 0.908. The highest BCUT2D eigenvalue weighted by Gasteiger charge is 2.17. The minimum Gasteiger partial charge on any atom is -0.367 e. The van der Waals surface area contributed by atoms with Gasteiger partial charge in [-0.25, -0.2) is 13.1 Å². The Kier molecular flexibility index (Phi) is 3.63. The third kappa shape index (κ3) is 2.78. The first-order valence-corrected chi connectivity index (χ1v) is 8.37. The molecule has 20 heavy (non-hydrogen) atoms. The molecular formula is C15H18N2O2S. The van der Waals surface area contributed by atoms with Crippen LogP contribution < -0.4 is 4.72 Å². The van der Waals surface area contributed by atoms with E-state index in [4.69, 9.17) is 0 Å². The molecule has 2 aromatic rings. The number of aromatic amines is 1. The normalized spacial score (nSPS) is 15.0. The second kappa shape index (κ2) is 5.42. The third-order valence-corrected chi connectivity index (χ3v) is 5.16. The summed E-state index contributed by atoms with van der Waals surface area (Å²) in [6.45, 7) is 0.308. The van der Waals surface area contributed by atoms with E-state index in [1.165, 1.54) is 17.5 Å². The van der Waals surface area contributed by atoms with Crippen LogP contribution in [0.15, 0.2) is 41.6 Å². The van der Waals surface area contributed by atoms with Crippen LogP contribution in [0.1, 0.15) is 29.5 Å². The van der Waals surface area contributed by atoms with Crippen LogP contribution in [0.3, 0.4) is 0 Å². The van der Waals surface area contributed by atoms with Crippen molar-refractivity contribution >= 4 is 10.0 Å². The van der Waals surface area contributed by atoms with Crippen molar-refractivity contribution in [2.45, 2.75) is 37.1 Å². The van der Waals surface area contributed by atoms with Gasteiger partial charge >= 0.3 is 0 Å². The Balaban J connectivity index is 1.80. The average molecular weight is 290 g/mol.